The Morgan fingerprint density at radius 2 is 1.87 bits per heavy atom. The highest BCUT2D eigenvalue weighted by Gasteiger charge is 2.33. The summed E-state index contributed by atoms with van der Waals surface area (Å²) in [6, 6.07) is 4.04. The standard InChI is InChI=1S/C19H26F3N7S.HI/c1-3-28-6-8-29(9-7-28)16-5-4-14(10-24-16)11-25-18(23-2)26-12-17-27-15(13-30-17)19(20,21)22;/h4-5,10,13H,3,6-9,11-12H2,1-2H3,(H2,23,25,26);1H. The number of hydrogen-bond acceptors (Lipinski definition) is 6. The molecule has 0 spiro atoms. The van der Waals surface area contributed by atoms with Gasteiger partial charge in [-0.2, -0.15) is 13.2 Å². The molecule has 1 saturated heterocycles. The summed E-state index contributed by atoms with van der Waals surface area (Å²) in [5.41, 5.74) is 0.122. The van der Waals surface area contributed by atoms with Crippen molar-refractivity contribution in [2.45, 2.75) is 26.2 Å². The summed E-state index contributed by atoms with van der Waals surface area (Å²) in [4.78, 5) is 17.0. The molecule has 0 radical (unpaired) electrons. The van der Waals surface area contributed by atoms with Crippen LogP contribution in [0.15, 0.2) is 28.7 Å². The van der Waals surface area contributed by atoms with Crippen molar-refractivity contribution < 1.29 is 13.2 Å². The summed E-state index contributed by atoms with van der Waals surface area (Å²) in [5.74, 6) is 1.46. The Balaban J connectivity index is 0.00000341. The van der Waals surface area contributed by atoms with Gasteiger partial charge >= 0.3 is 6.18 Å². The summed E-state index contributed by atoms with van der Waals surface area (Å²) in [6.07, 6.45) is -2.59. The Bertz CT molecular complexity index is 834. The maximum atomic E-state index is 12.6. The molecule has 0 aromatic carbocycles. The highest BCUT2D eigenvalue weighted by molar-refractivity contribution is 14.0. The van der Waals surface area contributed by atoms with Crippen molar-refractivity contribution in [3.8, 4) is 0 Å². The van der Waals surface area contributed by atoms with Crippen LogP contribution in [0.5, 0.6) is 0 Å². The molecule has 31 heavy (non-hydrogen) atoms. The lowest BCUT2D eigenvalue weighted by Gasteiger charge is -2.34. The number of guanidine groups is 1. The first-order chi connectivity index (χ1) is 14.4. The number of alkyl halides is 3. The number of aromatic nitrogens is 2. The number of halogens is 4. The van der Waals surface area contributed by atoms with Gasteiger partial charge in [0.2, 0.25) is 0 Å². The summed E-state index contributed by atoms with van der Waals surface area (Å²) in [5, 5.41) is 7.48. The van der Waals surface area contributed by atoms with E-state index < -0.39 is 11.9 Å². The summed E-state index contributed by atoms with van der Waals surface area (Å²) in [7, 11) is 1.61. The zero-order chi connectivity index (χ0) is 21.6. The number of likely N-dealkylation sites (N-methyl/N-ethyl adjacent to an activating group) is 1. The number of nitrogens with one attached hydrogen (secondary N) is 2. The Labute approximate surface area is 201 Å². The highest BCUT2D eigenvalue weighted by Crippen LogP contribution is 2.29. The van der Waals surface area contributed by atoms with E-state index in [0.717, 1.165) is 60.8 Å². The zero-order valence-electron chi connectivity index (χ0n) is 17.4. The fourth-order valence-corrected chi connectivity index (χ4v) is 3.83. The number of thiazole rings is 1. The number of hydrogen-bond donors (Lipinski definition) is 2. The monoisotopic (exact) mass is 569 g/mol. The van der Waals surface area contributed by atoms with E-state index in [1.165, 1.54) is 0 Å². The minimum absolute atomic E-state index is 0. The first-order valence-electron chi connectivity index (χ1n) is 9.77. The molecular weight excluding hydrogens is 542 g/mol. The number of nitrogens with zero attached hydrogens (tertiary/aromatic N) is 5. The predicted molar refractivity (Wildman–Crippen MR) is 128 cm³/mol. The number of anilines is 1. The van der Waals surface area contributed by atoms with Crippen LogP contribution in [0, 0.1) is 0 Å². The molecule has 0 unspecified atom stereocenters. The molecule has 0 amide bonds. The van der Waals surface area contributed by atoms with Gasteiger partial charge in [-0.15, -0.1) is 35.3 Å². The SMILES string of the molecule is CCN1CCN(c2ccc(CNC(=NC)NCc3nc(C(F)(F)F)cs3)cn2)CC1.I. The summed E-state index contributed by atoms with van der Waals surface area (Å²) < 4.78 is 37.9. The lowest BCUT2D eigenvalue weighted by molar-refractivity contribution is -0.140. The second-order valence-corrected chi connectivity index (χ2v) is 7.79. The highest BCUT2D eigenvalue weighted by atomic mass is 127. The van der Waals surface area contributed by atoms with Gasteiger partial charge in [-0.1, -0.05) is 13.0 Å². The molecule has 7 nitrogen and oxygen atoms in total. The maximum Gasteiger partial charge on any atom is 0.434 e. The van der Waals surface area contributed by atoms with Gasteiger partial charge < -0.3 is 20.4 Å². The van der Waals surface area contributed by atoms with Gasteiger partial charge in [-0.25, -0.2) is 9.97 Å². The third-order valence-corrected chi connectivity index (χ3v) is 5.73. The quantitative estimate of drug-likeness (QED) is 0.317. The van der Waals surface area contributed by atoms with Gasteiger partial charge in [0, 0.05) is 51.3 Å². The molecule has 0 atom stereocenters. The Kier molecular flexibility index (Phi) is 9.75. The molecular formula is C19H27F3IN7S. The molecule has 0 saturated carbocycles. The van der Waals surface area contributed by atoms with Gasteiger partial charge in [-0.3, -0.25) is 4.99 Å². The van der Waals surface area contributed by atoms with Crippen molar-refractivity contribution in [1.29, 1.82) is 0 Å². The van der Waals surface area contributed by atoms with Gasteiger partial charge in [0.15, 0.2) is 11.7 Å². The van der Waals surface area contributed by atoms with Crippen molar-refractivity contribution in [2.24, 2.45) is 4.99 Å². The number of pyridine rings is 1. The molecule has 3 rings (SSSR count). The van der Waals surface area contributed by atoms with E-state index in [9.17, 15) is 13.2 Å². The Morgan fingerprint density at radius 3 is 2.42 bits per heavy atom. The smallest absolute Gasteiger partial charge is 0.354 e. The fourth-order valence-electron chi connectivity index (χ4n) is 3.09. The average Bonchev–Trinajstić information content (AvgIpc) is 3.24. The number of aliphatic imine (C=N–C) groups is 1. The third-order valence-electron chi connectivity index (χ3n) is 4.89. The van der Waals surface area contributed by atoms with Gasteiger partial charge in [0.25, 0.3) is 0 Å². The molecule has 1 fully saturated rings. The molecule has 1 aliphatic rings. The van der Waals surface area contributed by atoms with Crippen LogP contribution in [0.4, 0.5) is 19.0 Å². The van der Waals surface area contributed by atoms with Crippen LogP contribution < -0.4 is 15.5 Å². The van der Waals surface area contributed by atoms with E-state index in [1.807, 2.05) is 18.3 Å². The second-order valence-electron chi connectivity index (χ2n) is 6.85. The summed E-state index contributed by atoms with van der Waals surface area (Å²) in [6.45, 7) is 7.97. The minimum atomic E-state index is -4.42. The topological polar surface area (TPSA) is 68.7 Å². The number of rotatable bonds is 6. The predicted octanol–water partition coefficient (Wildman–Crippen LogP) is 3.18. The second kappa shape index (κ2) is 11.8. The van der Waals surface area contributed by atoms with E-state index in [4.69, 9.17) is 0 Å². The molecule has 2 aromatic rings. The number of piperazine rings is 1. The van der Waals surface area contributed by atoms with Crippen molar-refractivity contribution in [1.82, 2.24) is 25.5 Å². The summed E-state index contributed by atoms with van der Waals surface area (Å²) >= 11 is 0.966. The van der Waals surface area contributed by atoms with E-state index in [-0.39, 0.29) is 30.5 Å². The van der Waals surface area contributed by atoms with Crippen molar-refractivity contribution >= 4 is 47.1 Å². The van der Waals surface area contributed by atoms with Crippen LogP contribution in [0.25, 0.3) is 0 Å². The third kappa shape index (κ3) is 7.45. The van der Waals surface area contributed by atoms with Gasteiger partial charge in [0.1, 0.15) is 10.8 Å². The van der Waals surface area contributed by atoms with Crippen LogP contribution in [0.1, 0.15) is 23.2 Å². The van der Waals surface area contributed by atoms with Crippen LogP contribution in [-0.4, -0.2) is 60.6 Å². The molecule has 2 aromatic heterocycles. The fraction of sp³-hybridized carbons (Fsp3) is 0.526. The molecule has 2 N–H and O–H groups in total. The Hall–Kier alpha value is -1.67. The molecule has 3 heterocycles. The van der Waals surface area contributed by atoms with Gasteiger partial charge in [-0.05, 0) is 18.2 Å². The van der Waals surface area contributed by atoms with Crippen LogP contribution >= 0.6 is 35.3 Å². The molecule has 172 valence electrons. The van der Waals surface area contributed by atoms with Crippen molar-refractivity contribution in [2.75, 3.05) is 44.7 Å². The van der Waals surface area contributed by atoms with E-state index in [2.05, 4.69) is 42.3 Å². The Morgan fingerprint density at radius 1 is 1.16 bits per heavy atom. The average molecular weight is 569 g/mol. The van der Waals surface area contributed by atoms with Crippen LogP contribution in [0.2, 0.25) is 0 Å². The van der Waals surface area contributed by atoms with Crippen molar-refractivity contribution in [3.05, 3.63) is 40.0 Å². The lowest BCUT2D eigenvalue weighted by atomic mass is 10.2. The minimum Gasteiger partial charge on any atom is -0.354 e. The molecule has 0 bridgehead atoms. The van der Waals surface area contributed by atoms with Crippen LogP contribution in [0.3, 0.4) is 0 Å². The van der Waals surface area contributed by atoms with Crippen molar-refractivity contribution in [3.63, 3.8) is 0 Å². The van der Waals surface area contributed by atoms with E-state index >= 15 is 0 Å². The van der Waals surface area contributed by atoms with E-state index in [1.54, 1.807) is 7.05 Å². The van der Waals surface area contributed by atoms with E-state index in [0.29, 0.717) is 17.5 Å². The van der Waals surface area contributed by atoms with Crippen LogP contribution in [-0.2, 0) is 19.3 Å². The zero-order valence-corrected chi connectivity index (χ0v) is 20.6. The normalized spacial score (nSPS) is 15.5. The van der Waals surface area contributed by atoms with Gasteiger partial charge in [0.05, 0.1) is 6.54 Å². The molecule has 12 heteroatoms. The molecule has 0 aliphatic carbocycles. The first-order valence-corrected chi connectivity index (χ1v) is 10.7. The molecule has 1 aliphatic heterocycles. The lowest BCUT2D eigenvalue weighted by Crippen LogP contribution is -2.46. The first kappa shape index (κ1) is 25.6. The maximum absolute atomic E-state index is 12.6. The largest absolute Gasteiger partial charge is 0.434 e.